The number of carbonyl (C=O) groups excluding carboxylic acids is 2. The predicted molar refractivity (Wildman–Crippen MR) is 56.4 cm³/mol. The van der Waals surface area contributed by atoms with Crippen molar-refractivity contribution in [2.75, 3.05) is 13.2 Å². The molecule has 0 radical (unpaired) electrons. The molecule has 1 heterocycles. The number of piperazine rings is 1. The number of halogens is 1. The summed E-state index contributed by atoms with van der Waals surface area (Å²) in [6.07, 6.45) is 2.49. The predicted octanol–water partition coefficient (Wildman–Crippen LogP) is 0.471. The van der Waals surface area contributed by atoms with E-state index in [0.717, 1.165) is 12.8 Å². The SMILES string of the molecule is CCC1NC(=O)C(C2CC2)N(CCF)C1=O. The molecular formula is C11H17FN2O2. The van der Waals surface area contributed by atoms with Crippen LogP contribution in [0.5, 0.6) is 0 Å². The summed E-state index contributed by atoms with van der Waals surface area (Å²) in [5.74, 6) is 0.00681. The molecule has 0 spiro atoms. The Morgan fingerprint density at radius 2 is 2.12 bits per heavy atom. The van der Waals surface area contributed by atoms with Crippen LogP contribution >= 0.6 is 0 Å². The van der Waals surface area contributed by atoms with E-state index in [9.17, 15) is 14.0 Å². The molecule has 4 nitrogen and oxygen atoms in total. The van der Waals surface area contributed by atoms with Gasteiger partial charge in [-0.05, 0) is 25.2 Å². The molecule has 2 rings (SSSR count). The van der Waals surface area contributed by atoms with E-state index in [1.807, 2.05) is 6.92 Å². The van der Waals surface area contributed by atoms with E-state index in [4.69, 9.17) is 0 Å². The lowest BCUT2D eigenvalue weighted by atomic mass is 10.0. The summed E-state index contributed by atoms with van der Waals surface area (Å²) in [5, 5.41) is 2.72. The highest BCUT2D eigenvalue weighted by molar-refractivity contribution is 5.97. The Hall–Kier alpha value is -1.13. The number of hydrogen-bond acceptors (Lipinski definition) is 2. The molecule has 0 aromatic rings. The first kappa shape index (κ1) is 11.4. The van der Waals surface area contributed by atoms with Crippen molar-refractivity contribution in [3.63, 3.8) is 0 Å². The zero-order valence-corrected chi connectivity index (χ0v) is 9.41. The molecule has 2 aliphatic rings. The van der Waals surface area contributed by atoms with E-state index < -0.39 is 18.8 Å². The van der Waals surface area contributed by atoms with E-state index in [1.165, 1.54) is 4.90 Å². The quantitative estimate of drug-likeness (QED) is 0.760. The lowest BCUT2D eigenvalue weighted by Gasteiger charge is -2.38. The number of amides is 2. The molecule has 1 aliphatic heterocycles. The van der Waals surface area contributed by atoms with Crippen LogP contribution in [0.15, 0.2) is 0 Å². The van der Waals surface area contributed by atoms with E-state index in [2.05, 4.69) is 5.32 Å². The van der Waals surface area contributed by atoms with Gasteiger partial charge in [0.05, 0.1) is 0 Å². The van der Waals surface area contributed by atoms with Crippen LogP contribution in [0.1, 0.15) is 26.2 Å². The molecule has 2 fully saturated rings. The fourth-order valence-electron chi connectivity index (χ4n) is 2.30. The molecule has 5 heteroatoms. The van der Waals surface area contributed by atoms with Gasteiger partial charge in [-0.15, -0.1) is 0 Å². The fraction of sp³-hybridized carbons (Fsp3) is 0.818. The molecule has 2 amide bonds. The summed E-state index contributed by atoms with van der Waals surface area (Å²) in [6.45, 7) is 1.30. The molecule has 0 bridgehead atoms. The van der Waals surface area contributed by atoms with E-state index >= 15 is 0 Å². The molecule has 2 unspecified atom stereocenters. The first-order valence-corrected chi connectivity index (χ1v) is 5.85. The normalized spacial score (nSPS) is 30.5. The second-order valence-corrected chi connectivity index (χ2v) is 4.47. The van der Waals surface area contributed by atoms with Gasteiger partial charge in [-0.3, -0.25) is 9.59 Å². The summed E-state index contributed by atoms with van der Waals surface area (Å²) in [5.41, 5.74) is 0. The van der Waals surface area contributed by atoms with Crippen LogP contribution in [0.2, 0.25) is 0 Å². The third kappa shape index (κ3) is 1.90. The number of hydrogen-bond donors (Lipinski definition) is 1. The monoisotopic (exact) mass is 228 g/mol. The van der Waals surface area contributed by atoms with Gasteiger partial charge >= 0.3 is 0 Å². The van der Waals surface area contributed by atoms with Crippen molar-refractivity contribution in [1.29, 1.82) is 0 Å². The second kappa shape index (κ2) is 4.39. The van der Waals surface area contributed by atoms with Crippen molar-refractivity contribution in [2.24, 2.45) is 5.92 Å². The number of alkyl halides is 1. The van der Waals surface area contributed by atoms with Crippen molar-refractivity contribution in [3.05, 3.63) is 0 Å². The number of carbonyl (C=O) groups is 2. The molecule has 90 valence electrons. The molecule has 0 aromatic heterocycles. The molecule has 2 atom stereocenters. The average Bonchev–Trinajstić information content (AvgIpc) is 3.07. The second-order valence-electron chi connectivity index (χ2n) is 4.47. The number of rotatable bonds is 4. The standard InChI is InChI=1S/C11H17FN2O2/c1-2-8-11(16)14(6-5-12)9(7-3-4-7)10(15)13-8/h7-9H,2-6H2,1H3,(H,13,15). The number of nitrogens with one attached hydrogen (secondary N) is 1. The highest BCUT2D eigenvalue weighted by Crippen LogP contribution is 2.37. The van der Waals surface area contributed by atoms with E-state index in [-0.39, 0.29) is 24.3 Å². The smallest absolute Gasteiger partial charge is 0.245 e. The molecule has 1 aliphatic carbocycles. The van der Waals surface area contributed by atoms with Crippen LogP contribution in [0.4, 0.5) is 4.39 Å². The third-order valence-electron chi connectivity index (χ3n) is 3.30. The highest BCUT2D eigenvalue weighted by atomic mass is 19.1. The minimum absolute atomic E-state index is 0.0456. The lowest BCUT2D eigenvalue weighted by molar-refractivity contribution is -0.150. The van der Waals surface area contributed by atoms with Crippen molar-refractivity contribution in [3.8, 4) is 0 Å². The largest absolute Gasteiger partial charge is 0.343 e. The Labute approximate surface area is 94.2 Å². The number of nitrogens with zero attached hydrogens (tertiary/aromatic N) is 1. The van der Waals surface area contributed by atoms with Gasteiger partial charge in [0.2, 0.25) is 11.8 Å². The molecule has 1 N–H and O–H groups in total. The maximum atomic E-state index is 12.4. The summed E-state index contributed by atoms with van der Waals surface area (Å²) in [4.78, 5) is 25.3. The maximum Gasteiger partial charge on any atom is 0.245 e. The molecular weight excluding hydrogens is 211 g/mol. The molecule has 0 aromatic carbocycles. The van der Waals surface area contributed by atoms with Crippen LogP contribution in [-0.2, 0) is 9.59 Å². The molecule has 1 saturated carbocycles. The Morgan fingerprint density at radius 1 is 1.44 bits per heavy atom. The van der Waals surface area contributed by atoms with Gasteiger partial charge in [0.1, 0.15) is 18.8 Å². The Kier molecular flexibility index (Phi) is 3.12. The van der Waals surface area contributed by atoms with Gasteiger partial charge in [-0.2, -0.15) is 0 Å². The first-order valence-electron chi connectivity index (χ1n) is 5.85. The topological polar surface area (TPSA) is 49.4 Å². The van der Waals surface area contributed by atoms with Crippen LogP contribution in [0.3, 0.4) is 0 Å². The van der Waals surface area contributed by atoms with Crippen molar-refractivity contribution < 1.29 is 14.0 Å². The Bertz CT molecular complexity index is 304. The summed E-state index contributed by atoms with van der Waals surface area (Å²) in [6, 6.07) is -0.889. The van der Waals surface area contributed by atoms with Crippen molar-refractivity contribution in [1.82, 2.24) is 10.2 Å². The molecule has 16 heavy (non-hydrogen) atoms. The Morgan fingerprint density at radius 3 is 2.62 bits per heavy atom. The van der Waals surface area contributed by atoms with E-state index in [0.29, 0.717) is 6.42 Å². The van der Waals surface area contributed by atoms with Gasteiger partial charge in [0, 0.05) is 6.54 Å². The minimum Gasteiger partial charge on any atom is -0.343 e. The first-order chi connectivity index (χ1) is 7.69. The summed E-state index contributed by atoms with van der Waals surface area (Å²) < 4.78 is 12.4. The lowest BCUT2D eigenvalue weighted by Crippen LogP contribution is -2.64. The Balaban J connectivity index is 2.16. The highest BCUT2D eigenvalue weighted by Gasteiger charge is 2.47. The van der Waals surface area contributed by atoms with Crippen LogP contribution in [0, 0.1) is 5.92 Å². The average molecular weight is 228 g/mol. The zero-order valence-electron chi connectivity index (χ0n) is 9.41. The van der Waals surface area contributed by atoms with Gasteiger partial charge in [0.25, 0.3) is 0 Å². The fourth-order valence-corrected chi connectivity index (χ4v) is 2.30. The maximum absolute atomic E-state index is 12.4. The van der Waals surface area contributed by atoms with E-state index in [1.54, 1.807) is 0 Å². The van der Waals surface area contributed by atoms with Gasteiger partial charge in [0.15, 0.2) is 0 Å². The zero-order chi connectivity index (χ0) is 11.7. The van der Waals surface area contributed by atoms with Crippen LogP contribution in [-0.4, -0.2) is 42.0 Å². The third-order valence-corrected chi connectivity index (χ3v) is 3.30. The van der Waals surface area contributed by atoms with Crippen LogP contribution < -0.4 is 5.32 Å². The van der Waals surface area contributed by atoms with Gasteiger partial charge in [-0.25, -0.2) is 4.39 Å². The van der Waals surface area contributed by atoms with Crippen LogP contribution in [0.25, 0.3) is 0 Å². The van der Waals surface area contributed by atoms with Gasteiger partial charge < -0.3 is 10.2 Å². The minimum atomic E-state index is -0.585. The van der Waals surface area contributed by atoms with Crippen molar-refractivity contribution >= 4 is 11.8 Å². The van der Waals surface area contributed by atoms with Crippen molar-refractivity contribution in [2.45, 2.75) is 38.3 Å². The summed E-state index contributed by atoms with van der Waals surface area (Å²) in [7, 11) is 0. The molecule has 1 saturated heterocycles. The summed E-state index contributed by atoms with van der Waals surface area (Å²) >= 11 is 0. The van der Waals surface area contributed by atoms with Gasteiger partial charge in [-0.1, -0.05) is 6.92 Å².